The minimum Gasteiger partial charge on any atom is -0.480 e. The van der Waals surface area contributed by atoms with Crippen LogP contribution in [0.4, 0.5) is 0 Å². The van der Waals surface area contributed by atoms with E-state index < -0.39 is 5.97 Å². The maximum Gasteiger partial charge on any atom is 0.329 e. The molecule has 0 atom stereocenters. The van der Waals surface area contributed by atoms with Gasteiger partial charge in [-0.25, -0.2) is 4.79 Å². The molecule has 0 aromatic carbocycles. The van der Waals surface area contributed by atoms with Crippen molar-refractivity contribution in [1.29, 1.82) is 0 Å². The topological polar surface area (TPSA) is 55.8 Å². The van der Waals surface area contributed by atoms with Gasteiger partial charge in [-0.05, 0) is 0 Å². The van der Waals surface area contributed by atoms with Crippen LogP contribution in [-0.4, -0.2) is 31.6 Å². The minimum atomic E-state index is -0.984. The molecule has 4 nitrogen and oxygen atoms in total. The molecule has 0 aliphatic carbocycles. The van der Waals surface area contributed by atoms with Crippen LogP contribution in [0.3, 0.4) is 0 Å². The van der Waals surface area contributed by atoms with Crippen molar-refractivity contribution in [2.45, 2.75) is 0 Å². The molecule has 0 bridgehead atoms. The largest absolute Gasteiger partial charge is 0.480 e. The van der Waals surface area contributed by atoms with Crippen LogP contribution in [0.1, 0.15) is 0 Å². The van der Waals surface area contributed by atoms with Crippen molar-refractivity contribution in [3.05, 3.63) is 0 Å². The predicted molar refractivity (Wildman–Crippen MR) is 25.5 cm³/mol. The van der Waals surface area contributed by atoms with Crippen LogP contribution < -0.4 is 0 Å². The molecule has 0 aromatic rings. The summed E-state index contributed by atoms with van der Waals surface area (Å²) < 4.78 is 8.83. The van der Waals surface area contributed by atoms with Gasteiger partial charge in [0.25, 0.3) is 0 Å². The maximum atomic E-state index is 9.69. The van der Waals surface area contributed by atoms with E-state index in [1.54, 1.807) is 0 Å². The van der Waals surface area contributed by atoms with Crippen LogP contribution in [0.15, 0.2) is 0 Å². The molecule has 0 aliphatic rings. The first-order valence-corrected chi connectivity index (χ1v) is 2.06. The molecule has 0 spiro atoms. The molecule has 0 amide bonds. The number of hydrogen-bond acceptors (Lipinski definition) is 3. The molecule has 50 valence electrons. The third-order valence-electron chi connectivity index (χ3n) is 0.427. The van der Waals surface area contributed by atoms with E-state index in [0.29, 0.717) is 0 Å². The number of carboxylic acids is 1. The molecular weight excluding hydrogens is 379 g/mol. The molecule has 1 N–H and O–H groups in total. The number of carboxylic acid groups (broad SMARTS) is 1. The quantitative estimate of drug-likeness (QED) is 0.532. The fourth-order valence-electron chi connectivity index (χ4n) is 0.212. The van der Waals surface area contributed by atoms with Crippen LogP contribution in [0.2, 0.25) is 0 Å². The molecule has 0 saturated heterocycles. The molecule has 0 saturated carbocycles. The van der Waals surface area contributed by atoms with E-state index in [-0.39, 0.29) is 13.4 Å². The number of carbonyl (C=O) groups is 1. The van der Waals surface area contributed by atoms with Crippen molar-refractivity contribution in [1.82, 2.24) is 0 Å². The Balaban J connectivity index is 0. The van der Waals surface area contributed by atoms with Gasteiger partial charge in [-0.3, -0.25) is 0 Å². The molecule has 0 unspecified atom stereocenters. The maximum absolute atomic E-state index is 9.69. The van der Waals surface area contributed by atoms with Crippen molar-refractivity contribution in [3.8, 4) is 0 Å². The summed E-state index contributed by atoms with van der Waals surface area (Å²) in [7, 11) is 1.43. The standard InChI is InChI=1S/C4H8O4.Rf/c1-7-3-8-2-4(5)6;/h2-3H2,1H3,(H,5,6);. The summed E-state index contributed by atoms with van der Waals surface area (Å²) in [4.78, 5) is 9.69. The van der Waals surface area contributed by atoms with Crippen molar-refractivity contribution in [3.63, 3.8) is 0 Å². The van der Waals surface area contributed by atoms with Crippen molar-refractivity contribution < 1.29 is 19.4 Å². The number of methoxy groups -OCH3 is 1. The van der Waals surface area contributed by atoms with Gasteiger partial charge >= 0.3 is 5.97 Å². The average molecular weight is 387 g/mol. The molecule has 0 heterocycles. The monoisotopic (exact) mass is 387 g/mol. The van der Waals surface area contributed by atoms with Gasteiger partial charge in [0.1, 0.15) is 13.4 Å². The summed E-state index contributed by atoms with van der Waals surface area (Å²) in [5.74, 6) is -0.984. The molecule has 0 radical (unpaired) electrons. The second-order valence-corrected chi connectivity index (χ2v) is 1.15. The van der Waals surface area contributed by atoms with Crippen LogP contribution in [0.25, 0.3) is 0 Å². The molecule has 9 heavy (non-hydrogen) atoms. The van der Waals surface area contributed by atoms with Crippen LogP contribution in [0, 0.1) is 0 Å². The van der Waals surface area contributed by atoms with E-state index in [1.807, 2.05) is 0 Å². The van der Waals surface area contributed by atoms with Gasteiger partial charge < -0.3 is 14.6 Å². The normalized spacial score (nSPS) is 8.11. The second-order valence-electron chi connectivity index (χ2n) is 1.15. The zero-order valence-electron chi connectivity index (χ0n) is 5.29. The molecule has 5 heteroatoms. The molecular formula is C4H8O4Rf. The van der Waals surface area contributed by atoms with E-state index >= 15 is 0 Å². The van der Waals surface area contributed by atoms with Crippen LogP contribution >= 0.6 is 0 Å². The van der Waals surface area contributed by atoms with Gasteiger partial charge in [0, 0.05) is 7.11 Å². The zero-order valence-corrected chi connectivity index (χ0v) is 11.7. The Kier molecular flexibility index (Phi) is 7.37. The number of aliphatic carboxylic acids is 1. The van der Waals surface area contributed by atoms with Gasteiger partial charge in [0.2, 0.25) is 0 Å². The first kappa shape index (κ1) is 10.4. The Morgan fingerprint density at radius 1 is 1.67 bits per heavy atom. The van der Waals surface area contributed by atoms with Gasteiger partial charge in [-0.1, -0.05) is 0 Å². The number of ether oxygens (including phenoxy) is 2. The summed E-state index contributed by atoms with van der Waals surface area (Å²) in [5, 5.41) is 7.96. The van der Waals surface area contributed by atoms with Crippen LogP contribution in [0.5, 0.6) is 0 Å². The molecule has 0 fully saturated rings. The van der Waals surface area contributed by atoms with E-state index in [1.165, 1.54) is 7.11 Å². The van der Waals surface area contributed by atoms with Gasteiger partial charge in [0.15, 0.2) is 0 Å². The van der Waals surface area contributed by atoms with Gasteiger partial charge in [-0.2, -0.15) is 0 Å². The number of rotatable bonds is 4. The fraction of sp³-hybridized carbons (Fsp3) is 0.750. The average Bonchev–Trinajstić information content (AvgIpc) is 1.66. The van der Waals surface area contributed by atoms with Crippen molar-refractivity contribution in [2.24, 2.45) is 0 Å². The minimum absolute atomic E-state index is 0. The van der Waals surface area contributed by atoms with Crippen LogP contribution in [-0.2, 0) is 14.3 Å². The predicted octanol–water partition coefficient (Wildman–Crippen LogP) is -0.308. The summed E-state index contributed by atoms with van der Waals surface area (Å²) >= 11 is 0. The smallest absolute Gasteiger partial charge is 0.329 e. The van der Waals surface area contributed by atoms with Crippen molar-refractivity contribution in [2.75, 3.05) is 20.5 Å². The molecule has 0 rings (SSSR count). The summed E-state index contributed by atoms with van der Waals surface area (Å²) in [6.45, 7) is -0.264. The summed E-state index contributed by atoms with van der Waals surface area (Å²) in [6.07, 6.45) is 0. The number of hydrogen-bond donors (Lipinski definition) is 1. The van der Waals surface area contributed by atoms with Gasteiger partial charge in [-0.15, -0.1) is 0 Å². The Morgan fingerprint density at radius 2 is 2.22 bits per heavy atom. The third-order valence-corrected chi connectivity index (χ3v) is 0.427. The third kappa shape index (κ3) is 10.7. The fourth-order valence-corrected chi connectivity index (χ4v) is 0.212. The Hall–Kier alpha value is -1.61. The van der Waals surface area contributed by atoms with E-state index in [2.05, 4.69) is 9.47 Å². The van der Waals surface area contributed by atoms with E-state index in [4.69, 9.17) is 5.11 Å². The molecule has 0 aliphatic heterocycles. The van der Waals surface area contributed by atoms with E-state index in [0.717, 1.165) is 0 Å². The van der Waals surface area contributed by atoms with Crippen molar-refractivity contribution >= 4 is 5.97 Å². The summed E-state index contributed by atoms with van der Waals surface area (Å²) in [5.41, 5.74) is 0. The zero-order chi connectivity index (χ0) is 6.41. The first-order chi connectivity index (χ1) is 3.77. The Bertz CT molecular complexity index is 75.0. The Labute approximate surface area is 47.0 Å². The second kappa shape index (κ2) is 6.39. The summed E-state index contributed by atoms with van der Waals surface area (Å²) in [6, 6.07) is 0. The Morgan fingerprint density at radius 3 is 2.56 bits per heavy atom. The van der Waals surface area contributed by atoms with E-state index in [9.17, 15) is 4.79 Å². The SMILES string of the molecule is COCOCC(=O)O.[Rf]. The first-order valence-electron chi connectivity index (χ1n) is 2.06. The van der Waals surface area contributed by atoms with Gasteiger partial charge in [0.05, 0.1) is 0 Å². The molecule has 0 aromatic heterocycles.